The molecule has 0 aliphatic heterocycles. The summed E-state index contributed by atoms with van der Waals surface area (Å²) < 4.78 is 0. The highest BCUT2D eigenvalue weighted by Gasteiger charge is 2.10. The van der Waals surface area contributed by atoms with Crippen molar-refractivity contribution >= 4 is 34.0 Å². The standard InChI is InChI=1S/C21H27N5S/c1-22-21(26(4)12-11-17-8-7-13-27-17)23-15-16-14-20(25(2)3)24-19-10-6-5-9-18(16)19/h5-10,13-14H,11-12,15H2,1-4H3,(H,22,23). The Morgan fingerprint density at radius 1 is 1.15 bits per heavy atom. The van der Waals surface area contributed by atoms with E-state index < -0.39 is 0 Å². The van der Waals surface area contributed by atoms with Crippen molar-refractivity contribution in [2.75, 3.05) is 39.6 Å². The fraction of sp³-hybridized carbons (Fsp3) is 0.333. The van der Waals surface area contributed by atoms with Gasteiger partial charge in [0.05, 0.1) is 5.52 Å². The van der Waals surface area contributed by atoms with Gasteiger partial charge in [-0.05, 0) is 35.6 Å². The first-order valence-electron chi connectivity index (χ1n) is 9.08. The van der Waals surface area contributed by atoms with E-state index in [0.29, 0.717) is 6.54 Å². The van der Waals surface area contributed by atoms with Crippen LogP contribution < -0.4 is 10.2 Å². The van der Waals surface area contributed by atoms with Crippen LogP contribution in [0.15, 0.2) is 52.8 Å². The fourth-order valence-electron chi connectivity index (χ4n) is 3.00. The number of pyridine rings is 1. The number of hydrogen-bond donors (Lipinski definition) is 1. The molecule has 0 aliphatic rings. The van der Waals surface area contributed by atoms with Gasteiger partial charge in [-0.3, -0.25) is 4.99 Å². The summed E-state index contributed by atoms with van der Waals surface area (Å²) in [6.45, 7) is 1.64. The van der Waals surface area contributed by atoms with E-state index in [0.717, 1.165) is 30.3 Å². The Kier molecular flexibility index (Phi) is 6.29. The minimum Gasteiger partial charge on any atom is -0.363 e. The van der Waals surface area contributed by atoms with Gasteiger partial charge in [0.15, 0.2) is 5.96 Å². The Hall–Kier alpha value is -2.60. The average molecular weight is 382 g/mol. The van der Waals surface area contributed by atoms with Crippen molar-refractivity contribution in [1.29, 1.82) is 0 Å². The van der Waals surface area contributed by atoms with Gasteiger partial charge in [-0.15, -0.1) is 11.3 Å². The number of anilines is 1. The van der Waals surface area contributed by atoms with E-state index in [1.807, 2.05) is 32.1 Å². The van der Waals surface area contributed by atoms with E-state index in [2.05, 4.69) is 64.0 Å². The van der Waals surface area contributed by atoms with Gasteiger partial charge in [0, 0.05) is 51.5 Å². The Balaban J connectivity index is 1.72. The number of hydrogen-bond acceptors (Lipinski definition) is 4. The summed E-state index contributed by atoms with van der Waals surface area (Å²) in [7, 11) is 7.95. The van der Waals surface area contributed by atoms with Crippen LogP contribution >= 0.6 is 11.3 Å². The van der Waals surface area contributed by atoms with Crippen molar-refractivity contribution in [1.82, 2.24) is 15.2 Å². The van der Waals surface area contributed by atoms with Gasteiger partial charge < -0.3 is 15.1 Å². The van der Waals surface area contributed by atoms with Crippen molar-refractivity contribution in [2.24, 2.45) is 4.99 Å². The molecule has 0 spiro atoms. The molecule has 3 aromatic rings. The number of thiophene rings is 1. The molecule has 142 valence electrons. The van der Waals surface area contributed by atoms with Gasteiger partial charge >= 0.3 is 0 Å². The van der Waals surface area contributed by atoms with Crippen molar-refractivity contribution in [3.8, 4) is 0 Å². The lowest BCUT2D eigenvalue weighted by molar-refractivity contribution is 0.486. The van der Waals surface area contributed by atoms with Gasteiger partial charge in [-0.2, -0.15) is 0 Å². The number of nitrogens with zero attached hydrogens (tertiary/aromatic N) is 4. The molecule has 0 unspecified atom stereocenters. The van der Waals surface area contributed by atoms with E-state index >= 15 is 0 Å². The zero-order valence-corrected chi connectivity index (χ0v) is 17.3. The van der Waals surface area contributed by atoms with Crippen LogP contribution in [0.5, 0.6) is 0 Å². The molecule has 0 amide bonds. The summed E-state index contributed by atoms with van der Waals surface area (Å²) in [5.74, 6) is 1.87. The van der Waals surface area contributed by atoms with E-state index in [1.54, 1.807) is 11.3 Å². The Labute approximate surface area is 165 Å². The van der Waals surface area contributed by atoms with Crippen LogP contribution in [-0.4, -0.2) is 50.6 Å². The van der Waals surface area contributed by atoms with Gasteiger partial charge in [-0.1, -0.05) is 24.3 Å². The average Bonchev–Trinajstić information content (AvgIpc) is 3.20. The maximum Gasteiger partial charge on any atom is 0.193 e. The quantitative estimate of drug-likeness (QED) is 0.523. The van der Waals surface area contributed by atoms with Crippen LogP contribution in [0.1, 0.15) is 10.4 Å². The molecule has 1 aromatic carbocycles. The summed E-state index contributed by atoms with van der Waals surface area (Å²) in [5.41, 5.74) is 2.23. The second-order valence-corrected chi connectivity index (χ2v) is 7.74. The Morgan fingerprint density at radius 3 is 2.67 bits per heavy atom. The van der Waals surface area contributed by atoms with Gasteiger partial charge in [0.2, 0.25) is 0 Å². The number of benzene rings is 1. The van der Waals surface area contributed by atoms with E-state index in [4.69, 9.17) is 4.98 Å². The number of aliphatic imine (C=N–C) groups is 1. The van der Waals surface area contributed by atoms with E-state index in [9.17, 15) is 0 Å². The van der Waals surface area contributed by atoms with E-state index in [-0.39, 0.29) is 0 Å². The highest BCUT2D eigenvalue weighted by Crippen LogP contribution is 2.22. The minimum absolute atomic E-state index is 0.708. The first-order valence-corrected chi connectivity index (χ1v) is 9.96. The first-order chi connectivity index (χ1) is 13.1. The molecule has 1 N–H and O–H groups in total. The summed E-state index contributed by atoms with van der Waals surface area (Å²) in [6.07, 6.45) is 1.03. The SMILES string of the molecule is CN=C(NCc1cc(N(C)C)nc2ccccc12)N(C)CCc1cccs1. The van der Waals surface area contributed by atoms with Crippen LogP contribution in [0, 0.1) is 0 Å². The predicted molar refractivity (Wildman–Crippen MR) is 117 cm³/mol. The largest absolute Gasteiger partial charge is 0.363 e. The molecule has 3 rings (SSSR count). The van der Waals surface area contributed by atoms with Crippen molar-refractivity contribution in [3.05, 3.63) is 58.3 Å². The smallest absolute Gasteiger partial charge is 0.193 e. The van der Waals surface area contributed by atoms with Gasteiger partial charge in [0.1, 0.15) is 5.82 Å². The molecular formula is C21H27N5S. The monoisotopic (exact) mass is 381 g/mol. The molecule has 0 saturated carbocycles. The molecule has 6 heteroatoms. The maximum absolute atomic E-state index is 4.73. The second kappa shape index (κ2) is 8.86. The third kappa shape index (κ3) is 4.77. The molecule has 2 aromatic heterocycles. The summed E-state index contributed by atoms with van der Waals surface area (Å²) in [5, 5.41) is 6.80. The number of fused-ring (bicyclic) bond motifs is 1. The topological polar surface area (TPSA) is 43.8 Å². The normalized spacial score (nSPS) is 11.6. The zero-order chi connectivity index (χ0) is 19.2. The number of likely N-dealkylation sites (N-methyl/N-ethyl adjacent to an activating group) is 1. The number of nitrogens with one attached hydrogen (secondary N) is 1. The third-order valence-electron chi connectivity index (χ3n) is 4.53. The molecule has 27 heavy (non-hydrogen) atoms. The lowest BCUT2D eigenvalue weighted by Crippen LogP contribution is -2.39. The zero-order valence-electron chi connectivity index (χ0n) is 16.4. The summed E-state index contributed by atoms with van der Waals surface area (Å²) >= 11 is 1.80. The second-order valence-electron chi connectivity index (χ2n) is 6.70. The fourth-order valence-corrected chi connectivity index (χ4v) is 3.70. The molecule has 0 atom stereocenters. The summed E-state index contributed by atoms with van der Waals surface area (Å²) in [6, 6.07) is 14.7. The third-order valence-corrected chi connectivity index (χ3v) is 5.47. The molecule has 0 saturated heterocycles. The van der Waals surface area contributed by atoms with Gasteiger partial charge in [-0.25, -0.2) is 4.98 Å². The minimum atomic E-state index is 0.708. The molecule has 0 radical (unpaired) electrons. The van der Waals surface area contributed by atoms with Crippen molar-refractivity contribution in [3.63, 3.8) is 0 Å². The predicted octanol–water partition coefficient (Wildman–Crippen LogP) is 3.61. The molecule has 0 bridgehead atoms. The number of para-hydroxylation sites is 1. The Morgan fingerprint density at radius 2 is 1.96 bits per heavy atom. The summed E-state index contributed by atoms with van der Waals surface area (Å²) in [4.78, 5) is 14.8. The Bertz CT molecular complexity index is 902. The molecule has 0 fully saturated rings. The van der Waals surface area contributed by atoms with Crippen molar-refractivity contribution < 1.29 is 0 Å². The van der Waals surface area contributed by atoms with Crippen molar-refractivity contribution in [2.45, 2.75) is 13.0 Å². The van der Waals surface area contributed by atoms with Gasteiger partial charge in [0.25, 0.3) is 0 Å². The number of aromatic nitrogens is 1. The van der Waals surface area contributed by atoms with Crippen LogP contribution in [0.2, 0.25) is 0 Å². The lowest BCUT2D eigenvalue weighted by Gasteiger charge is -2.22. The van der Waals surface area contributed by atoms with Crippen LogP contribution in [-0.2, 0) is 13.0 Å². The first kappa shape index (κ1) is 19.2. The van der Waals surface area contributed by atoms with E-state index in [1.165, 1.54) is 15.8 Å². The van der Waals surface area contributed by atoms with Crippen LogP contribution in [0.3, 0.4) is 0 Å². The number of guanidine groups is 1. The highest BCUT2D eigenvalue weighted by atomic mass is 32.1. The van der Waals surface area contributed by atoms with Crippen LogP contribution in [0.4, 0.5) is 5.82 Å². The molecule has 2 heterocycles. The maximum atomic E-state index is 4.73. The molecule has 5 nitrogen and oxygen atoms in total. The van der Waals surface area contributed by atoms with Crippen LogP contribution in [0.25, 0.3) is 10.9 Å². The molecular weight excluding hydrogens is 354 g/mol. The highest BCUT2D eigenvalue weighted by molar-refractivity contribution is 7.09. The lowest BCUT2D eigenvalue weighted by atomic mass is 10.1. The number of rotatable bonds is 6. The molecule has 0 aliphatic carbocycles.